The molecule has 22 heavy (non-hydrogen) atoms. The molecule has 2 rings (SSSR count). The molecule has 5 nitrogen and oxygen atoms in total. The van der Waals surface area contributed by atoms with E-state index in [1.54, 1.807) is 7.11 Å². The van der Waals surface area contributed by atoms with E-state index >= 15 is 0 Å². The van der Waals surface area contributed by atoms with Crippen molar-refractivity contribution in [3.05, 3.63) is 41.7 Å². The molecule has 1 aromatic carbocycles. The van der Waals surface area contributed by atoms with E-state index in [1.165, 1.54) is 5.69 Å². The Balaban J connectivity index is 1.78. The quantitative estimate of drug-likeness (QED) is 0.633. The van der Waals surface area contributed by atoms with Gasteiger partial charge in [0.05, 0.1) is 12.8 Å². The minimum atomic E-state index is 0.598. The van der Waals surface area contributed by atoms with E-state index in [0.29, 0.717) is 5.11 Å². The third kappa shape index (κ3) is 4.46. The maximum absolute atomic E-state index is 5.33. The van der Waals surface area contributed by atoms with E-state index in [0.717, 1.165) is 36.5 Å². The van der Waals surface area contributed by atoms with Crippen molar-refractivity contribution in [2.45, 2.75) is 26.8 Å². The van der Waals surface area contributed by atoms with Crippen LogP contribution in [0.1, 0.15) is 17.7 Å². The second-order valence-corrected chi connectivity index (χ2v) is 5.54. The molecule has 0 fully saturated rings. The Labute approximate surface area is 136 Å². The summed E-state index contributed by atoms with van der Waals surface area (Å²) in [6.07, 6.45) is 2.77. The Morgan fingerprint density at radius 3 is 2.82 bits per heavy atom. The van der Waals surface area contributed by atoms with Crippen LogP contribution in [-0.4, -0.2) is 28.5 Å². The van der Waals surface area contributed by atoms with Crippen molar-refractivity contribution >= 4 is 23.0 Å². The Hall–Kier alpha value is -2.08. The number of hydrogen-bond acceptors (Lipinski definition) is 3. The number of methoxy groups -OCH3 is 1. The van der Waals surface area contributed by atoms with Gasteiger partial charge in [0, 0.05) is 25.0 Å². The zero-order chi connectivity index (χ0) is 15.9. The van der Waals surface area contributed by atoms with E-state index in [-0.39, 0.29) is 0 Å². The molecule has 2 aromatic rings. The van der Waals surface area contributed by atoms with Gasteiger partial charge in [0.25, 0.3) is 0 Å². The molecule has 1 aromatic heterocycles. The van der Waals surface area contributed by atoms with E-state index in [2.05, 4.69) is 22.7 Å². The first kappa shape index (κ1) is 16.3. The monoisotopic (exact) mass is 318 g/mol. The standard InChI is InChI=1S/C16H22N4OS/c1-12-5-6-15(21-3)14(11-12)19-16(22)17-8-4-10-20-13(2)7-9-18-20/h5-7,9,11H,4,8,10H2,1-3H3,(H2,17,19,22). The predicted octanol–water partition coefficient (Wildman–Crippen LogP) is 2.89. The molecule has 0 aliphatic carbocycles. The zero-order valence-electron chi connectivity index (χ0n) is 13.2. The fourth-order valence-electron chi connectivity index (χ4n) is 2.15. The summed E-state index contributed by atoms with van der Waals surface area (Å²) in [5.41, 5.74) is 3.20. The molecular weight excluding hydrogens is 296 g/mol. The predicted molar refractivity (Wildman–Crippen MR) is 93.5 cm³/mol. The van der Waals surface area contributed by atoms with Crippen LogP contribution < -0.4 is 15.4 Å². The number of benzene rings is 1. The number of nitrogens with zero attached hydrogens (tertiary/aromatic N) is 2. The fourth-order valence-corrected chi connectivity index (χ4v) is 2.36. The van der Waals surface area contributed by atoms with Gasteiger partial charge in [0.1, 0.15) is 5.75 Å². The van der Waals surface area contributed by atoms with Gasteiger partial charge < -0.3 is 15.4 Å². The van der Waals surface area contributed by atoms with Gasteiger partial charge in [0.2, 0.25) is 0 Å². The number of rotatable bonds is 6. The maximum atomic E-state index is 5.33. The molecule has 0 radical (unpaired) electrons. The topological polar surface area (TPSA) is 51.1 Å². The van der Waals surface area contributed by atoms with Crippen molar-refractivity contribution < 1.29 is 4.74 Å². The summed E-state index contributed by atoms with van der Waals surface area (Å²) in [6.45, 7) is 5.76. The largest absolute Gasteiger partial charge is 0.495 e. The third-order valence-corrected chi connectivity index (χ3v) is 3.61. The molecule has 0 aliphatic rings. The highest BCUT2D eigenvalue weighted by Crippen LogP contribution is 2.24. The van der Waals surface area contributed by atoms with Crippen LogP contribution >= 0.6 is 12.2 Å². The number of ether oxygens (including phenoxy) is 1. The normalized spacial score (nSPS) is 10.3. The maximum Gasteiger partial charge on any atom is 0.170 e. The number of aryl methyl sites for hydroxylation is 3. The summed E-state index contributed by atoms with van der Waals surface area (Å²) in [4.78, 5) is 0. The molecule has 1 heterocycles. The number of hydrogen-bond donors (Lipinski definition) is 2. The Morgan fingerprint density at radius 1 is 1.32 bits per heavy atom. The van der Waals surface area contributed by atoms with Crippen LogP contribution in [0, 0.1) is 13.8 Å². The minimum absolute atomic E-state index is 0.598. The lowest BCUT2D eigenvalue weighted by Gasteiger charge is -2.14. The highest BCUT2D eigenvalue weighted by molar-refractivity contribution is 7.80. The van der Waals surface area contributed by atoms with E-state index in [9.17, 15) is 0 Å². The number of thiocarbonyl (C=S) groups is 1. The van der Waals surface area contributed by atoms with Crippen LogP contribution in [0.2, 0.25) is 0 Å². The second kappa shape index (κ2) is 7.79. The lowest BCUT2D eigenvalue weighted by Crippen LogP contribution is -2.30. The average Bonchev–Trinajstić information content (AvgIpc) is 2.89. The van der Waals surface area contributed by atoms with Crippen LogP contribution in [0.3, 0.4) is 0 Å². The van der Waals surface area contributed by atoms with Crippen LogP contribution in [0.15, 0.2) is 30.5 Å². The molecular formula is C16H22N4OS. The Bertz CT molecular complexity index is 639. The van der Waals surface area contributed by atoms with Gasteiger partial charge in [-0.15, -0.1) is 0 Å². The second-order valence-electron chi connectivity index (χ2n) is 5.13. The number of nitrogens with one attached hydrogen (secondary N) is 2. The summed E-state index contributed by atoms with van der Waals surface area (Å²) in [5.74, 6) is 0.780. The van der Waals surface area contributed by atoms with Gasteiger partial charge in [0.15, 0.2) is 5.11 Å². The number of anilines is 1. The summed E-state index contributed by atoms with van der Waals surface area (Å²) in [7, 11) is 1.65. The summed E-state index contributed by atoms with van der Waals surface area (Å²) in [5, 5.41) is 11.2. The minimum Gasteiger partial charge on any atom is -0.495 e. The molecule has 0 amide bonds. The van der Waals surface area contributed by atoms with Gasteiger partial charge >= 0.3 is 0 Å². The van der Waals surface area contributed by atoms with Gasteiger partial charge in [-0.05, 0) is 56.2 Å². The van der Waals surface area contributed by atoms with Gasteiger partial charge in [-0.2, -0.15) is 5.10 Å². The first-order chi connectivity index (χ1) is 10.6. The summed E-state index contributed by atoms with van der Waals surface area (Å²) >= 11 is 5.33. The first-order valence-electron chi connectivity index (χ1n) is 7.28. The summed E-state index contributed by atoms with van der Waals surface area (Å²) < 4.78 is 7.32. The lowest BCUT2D eigenvalue weighted by molar-refractivity contribution is 0.417. The third-order valence-electron chi connectivity index (χ3n) is 3.36. The first-order valence-corrected chi connectivity index (χ1v) is 7.69. The SMILES string of the molecule is COc1ccc(C)cc1NC(=S)NCCCn1nccc1C. The van der Waals surface area contributed by atoms with Gasteiger partial charge in [-0.1, -0.05) is 6.07 Å². The Kier molecular flexibility index (Phi) is 5.77. The summed E-state index contributed by atoms with van der Waals surface area (Å²) in [6, 6.07) is 7.96. The lowest BCUT2D eigenvalue weighted by atomic mass is 10.2. The van der Waals surface area contributed by atoms with Crippen LogP contribution in [-0.2, 0) is 6.54 Å². The molecule has 0 unspecified atom stereocenters. The van der Waals surface area contributed by atoms with E-state index in [4.69, 9.17) is 17.0 Å². The van der Waals surface area contributed by atoms with Crippen molar-refractivity contribution in [1.82, 2.24) is 15.1 Å². The van der Waals surface area contributed by atoms with Gasteiger partial charge in [-0.3, -0.25) is 4.68 Å². The molecule has 0 bridgehead atoms. The van der Waals surface area contributed by atoms with Crippen molar-refractivity contribution in [2.24, 2.45) is 0 Å². The highest BCUT2D eigenvalue weighted by atomic mass is 32.1. The van der Waals surface area contributed by atoms with Crippen molar-refractivity contribution in [3.8, 4) is 5.75 Å². The van der Waals surface area contributed by atoms with E-state index in [1.807, 2.05) is 42.1 Å². The van der Waals surface area contributed by atoms with Crippen LogP contribution in [0.4, 0.5) is 5.69 Å². The van der Waals surface area contributed by atoms with Crippen LogP contribution in [0.25, 0.3) is 0 Å². The van der Waals surface area contributed by atoms with Crippen molar-refractivity contribution in [1.29, 1.82) is 0 Å². The molecule has 2 N–H and O–H groups in total. The number of aromatic nitrogens is 2. The molecule has 0 aliphatic heterocycles. The van der Waals surface area contributed by atoms with Crippen molar-refractivity contribution in [2.75, 3.05) is 19.0 Å². The molecule has 118 valence electrons. The Morgan fingerprint density at radius 2 is 2.14 bits per heavy atom. The molecule has 0 saturated carbocycles. The molecule has 6 heteroatoms. The molecule has 0 atom stereocenters. The van der Waals surface area contributed by atoms with Gasteiger partial charge in [-0.25, -0.2) is 0 Å². The fraction of sp³-hybridized carbons (Fsp3) is 0.375. The zero-order valence-corrected chi connectivity index (χ0v) is 14.0. The van der Waals surface area contributed by atoms with Crippen LogP contribution in [0.5, 0.6) is 5.75 Å². The average molecular weight is 318 g/mol. The van der Waals surface area contributed by atoms with E-state index < -0.39 is 0 Å². The molecule has 0 spiro atoms. The highest BCUT2D eigenvalue weighted by Gasteiger charge is 2.05. The molecule has 0 saturated heterocycles. The smallest absolute Gasteiger partial charge is 0.170 e. The van der Waals surface area contributed by atoms with Crippen molar-refractivity contribution in [3.63, 3.8) is 0 Å².